The van der Waals surface area contributed by atoms with Crippen molar-refractivity contribution in [2.24, 2.45) is 0 Å². The van der Waals surface area contributed by atoms with Gasteiger partial charge in [-0.1, -0.05) is 30.3 Å². The van der Waals surface area contributed by atoms with Crippen LogP contribution in [0.4, 0.5) is 5.82 Å². The number of aromatic nitrogens is 2. The molecule has 0 bridgehead atoms. The number of piperazine rings is 1. The Hall–Kier alpha value is -3.91. The summed E-state index contributed by atoms with van der Waals surface area (Å²) in [5.41, 5.74) is 0.814. The second-order valence-electron chi connectivity index (χ2n) is 10.0. The standard InChI is InChI=1S/C28H30N4O4/c1-18-29-25(31-10-12-32(13-11-31)28(2,3)4)17-26(30-18)35-20-14-21(33)27-22(34)16-23(36-24(27)15-20)19-8-6-5-7-9-19/h5-9,14-17,33H,10-13H2,1-4H3. The Kier molecular flexibility index (Phi) is 6.14. The molecule has 0 saturated carbocycles. The highest BCUT2D eigenvalue weighted by molar-refractivity contribution is 5.86. The average Bonchev–Trinajstić information content (AvgIpc) is 2.83. The van der Waals surface area contributed by atoms with Crippen LogP contribution in [0.1, 0.15) is 26.6 Å². The molecule has 8 heteroatoms. The normalized spacial score (nSPS) is 14.8. The number of ether oxygens (including phenoxy) is 1. The molecular weight excluding hydrogens is 456 g/mol. The number of anilines is 1. The Labute approximate surface area is 209 Å². The Bertz CT molecular complexity index is 1450. The van der Waals surface area contributed by atoms with E-state index in [0.29, 0.717) is 23.2 Å². The maximum atomic E-state index is 12.7. The van der Waals surface area contributed by atoms with Gasteiger partial charge < -0.3 is 19.2 Å². The summed E-state index contributed by atoms with van der Waals surface area (Å²) in [6.07, 6.45) is 0. The van der Waals surface area contributed by atoms with E-state index >= 15 is 0 Å². The van der Waals surface area contributed by atoms with Gasteiger partial charge in [0.25, 0.3) is 0 Å². The SMILES string of the molecule is Cc1nc(Oc2cc(O)c3c(=O)cc(-c4ccccc4)oc3c2)cc(N2CCN(C(C)(C)C)CC2)n1. The molecule has 1 fully saturated rings. The predicted octanol–water partition coefficient (Wildman–Crippen LogP) is 4.98. The summed E-state index contributed by atoms with van der Waals surface area (Å²) in [5.74, 6) is 2.27. The van der Waals surface area contributed by atoms with Gasteiger partial charge in [0.1, 0.15) is 39.9 Å². The number of phenols is 1. The third kappa shape index (κ3) is 4.90. The molecule has 2 aromatic heterocycles. The minimum absolute atomic E-state index is 0.110. The van der Waals surface area contributed by atoms with Gasteiger partial charge in [-0.3, -0.25) is 9.69 Å². The lowest BCUT2D eigenvalue weighted by Gasteiger charge is -2.42. The second kappa shape index (κ2) is 9.28. The Morgan fingerprint density at radius 3 is 2.39 bits per heavy atom. The molecule has 1 N–H and O–H groups in total. The highest BCUT2D eigenvalue weighted by atomic mass is 16.5. The predicted molar refractivity (Wildman–Crippen MR) is 140 cm³/mol. The fourth-order valence-corrected chi connectivity index (χ4v) is 4.51. The summed E-state index contributed by atoms with van der Waals surface area (Å²) in [6, 6.07) is 15.5. The van der Waals surface area contributed by atoms with Crippen molar-refractivity contribution < 1.29 is 14.3 Å². The van der Waals surface area contributed by atoms with Gasteiger partial charge in [-0.25, -0.2) is 4.98 Å². The van der Waals surface area contributed by atoms with Gasteiger partial charge in [0, 0.05) is 61.5 Å². The smallest absolute Gasteiger partial charge is 0.224 e. The van der Waals surface area contributed by atoms with Crippen molar-refractivity contribution in [2.45, 2.75) is 33.2 Å². The molecule has 0 unspecified atom stereocenters. The summed E-state index contributed by atoms with van der Waals surface area (Å²) in [6.45, 7) is 12.1. The molecule has 186 valence electrons. The van der Waals surface area contributed by atoms with Crippen molar-refractivity contribution in [1.29, 1.82) is 0 Å². The third-order valence-electron chi connectivity index (χ3n) is 6.42. The van der Waals surface area contributed by atoms with Crippen LogP contribution in [0, 0.1) is 6.92 Å². The fourth-order valence-electron chi connectivity index (χ4n) is 4.51. The van der Waals surface area contributed by atoms with E-state index in [1.807, 2.05) is 37.3 Å². The first-order valence-electron chi connectivity index (χ1n) is 12.1. The van der Waals surface area contributed by atoms with Crippen molar-refractivity contribution in [3.63, 3.8) is 0 Å². The van der Waals surface area contributed by atoms with E-state index in [4.69, 9.17) is 9.15 Å². The monoisotopic (exact) mass is 486 g/mol. The number of aryl methyl sites for hydroxylation is 1. The lowest BCUT2D eigenvalue weighted by molar-refractivity contribution is 0.128. The van der Waals surface area contributed by atoms with Crippen LogP contribution < -0.4 is 15.1 Å². The maximum absolute atomic E-state index is 12.7. The van der Waals surface area contributed by atoms with E-state index in [1.165, 1.54) is 12.1 Å². The molecule has 1 aliphatic heterocycles. The average molecular weight is 487 g/mol. The molecule has 0 radical (unpaired) electrons. The number of phenolic OH excluding ortho intramolecular Hbond substituents is 1. The van der Waals surface area contributed by atoms with Crippen molar-refractivity contribution in [1.82, 2.24) is 14.9 Å². The minimum Gasteiger partial charge on any atom is -0.507 e. The first-order chi connectivity index (χ1) is 17.2. The molecule has 1 aliphatic rings. The first-order valence-corrected chi connectivity index (χ1v) is 12.1. The van der Waals surface area contributed by atoms with E-state index < -0.39 is 0 Å². The van der Waals surface area contributed by atoms with E-state index in [2.05, 4.69) is 40.5 Å². The van der Waals surface area contributed by atoms with Crippen LogP contribution >= 0.6 is 0 Å². The van der Waals surface area contributed by atoms with Crippen molar-refractivity contribution in [2.75, 3.05) is 31.1 Å². The van der Waals surface area contributed by atoms with E-state index in [-0.39, 0.29) is 27.7 Å². The second-order valence-corrected chi connectivity index (χ2v) is 10.0. The van der Waals surface area contributed by atoms with Gasteiger partial charge in [-0.2, -0.15) is 4.98 Å². The van der Waals surface area contributed by atoms with Gasteiger partial charge in [-0.15, -0.1) is 0 Å². The van der Waals surface area contributed by atoms with Gasteiger partial charge >= 0.3 is 0 Å². The van der Waals surface area contributed by atoms with Crippen LogP contribution in [0.15, 0.2) is 63.8 Å². The number of nitrogens with zero attached hydrogens (tertiary/aromatic N) is 4. The maximum Gasteiger partial charge on any atom is 0.224 e. The highest BCUT2D eigenvalue weighted by Crippen LogP contribution is 2.33. The minimum atomic E-state index is -0.325. The lowest BCUT2D eigenvalue weighted by Crippen LogP contribution is -2.53. The molecule has 0 aliphatic carbocycles. The molecule has 4 aromatic rings. The van der Waals surface area contributed by atoms with Crippen LogP contribution in [-0.4, -0.2) is 51.7 Å². The zero-order valence-electron chi connectivity index (χ0n) is 21.0. The van der Waals surface area contributed by atoms with Crippen LogP contribution in [-0.2, 0) is 0 Å². The summed E-state index contributed by atoms with van der Waals surface area (Å²) in [7, 11) is 0. The zero-order valence-corrected chi connectivity index (χ0v) is 21.0. The molecule has 5 rings (SSSR count). The number of fused-ring (bicyclic) bond motifs is 1. The molecular formula is C28H30N4O4. The fraction of sp³-hybridized carbons (Fsp3) is 0.321. The molecule has 8 nitrogen and oxygen atoms in total. The van der Waals surface area contributed by atoms with Gasteiger partial charge in [-0.05, 0) is 27.7 Å². The van der Waals surface area contributed by atoms with Crippen LogP contribution in [0.25, 0.3) is 22.3 Å². The lowest BCUT2D eigenvalue weighted by atomic mass is 10.1. The van der Waals surface area contributed by atoms with Gasteiger partial charge in [0.2, 0.25) is 5.88 Å². The van der Waals surface area contributed by atoms with Crippen molar-refractivity contribution in [3.8, 4) is 28.7 Å². The quantitative estimate of drug-likeness (QED) is 0.432. The number of benzene rings is 2. The van der Waals surface area contributed by atoms with Gasteiger partial charge in [0.15, 0.2) is 5.43 Å². The molecule has 2 aromatic carbocycles. The first kappa shape index (κ1) is 23.8. The highest BCUT2D eigenvalue weighted by Gasteiger charge is 2.26. The summed E-state index contributed by atoms with van der Waals surface area (Å²) in [4.78, 5) is 26.5. The Morgan fingerprint density at radius 1 is 0.972 bits per heavy atom. The van der Waals surface area contributed by atoms with Crippen LogP contribution in [0.3, 0.4) is 0 Å². The molecule has 3 heterocycles. The number of hydrogen-bond donors (Lipinski definition) is 1. The third-order valence-corrected chi connectivity index (χ3v) is 6.42. The van der Waals surface area contributed by atoms with E-state index in [9.17, 15) is 9.90 Å². The van der Waals surface area contributed by atoms with Crippen molar-refractivity contribution in [3.05, 3.63) is 70.6 Å². The zero-order chi connectivity index (χ0) is 25.4. The Morgan fingerprint density at radius 2 is 1.69 bits per heavy atom. The summed E-state index contributed by atoms with van der Waals surface area (Å²) >= 11 is 0. The molecule has 1 saturated heterocycles. The van der Waals surface area contributed by atoms with Gasteiger partial charge in [0.05, 0.1) is 0 Å². The molecule has 0 spiro atoms. The summed E-state index contributed by atoms with van der Waals surface area (Å²) in [5, 5.41) is 10.7. The molecule has 0 amide bonds. The Balaban J connectivity index is 1.43. The van der Waals surface area contributed by atoms with Crippen LogP contribution in [0.2, 0.25) is 0 Å². The van der Waals surface area contributed by atoms with Crippen LogP contribution in [0.5, 0.6) is 17.4 Å². The molecule has 0 atom stereocenters. The van der Waals surface area contributed by atoms with E-state index in [0.717, 1.165) is 37.6 Å². The largest absolute Gasteiger partial charge is 0.507 e. The number of rotatable bonds is 4. The van der Waals surface area contributed by atoms with E-state index in [1.54, 1.807) is 12.1 Å². The van der Waals surface area contributed by atoms with Crippen molar-refractivity contribution >= 4 is 16.8 Å². The number of aromatic hydroxyl groups is 1. The summed E-state index contributed by atoms with van der Waals surface area (Å²) < 4.78 is 12.0. The molecule has 36 heavy (non-hydrogen) atoms. The number of hydrogen-bond acceptors (Lipinski definition) is 8. The topological polar surface area (TPSA) is 91.9 Å².